The average molecular weight is 360 g/mol. The second-order valence-electron chi connectivity index (χ2n) is 5.41. The van der Waals surface area contributed by atoms with E-state index in [1.54, 1.807) is 49.4 Å². The van der Waals surface area contributed by atoms with Crippen molar-refractivity contribution >= 4 is 29.1 Å². The third-order valence-electron chi connectivity index (χ3n) is 3.48. The first-order valence-corrected chi connectivity index (χ1v) is 8.19. The first-order valence-electron chi connectivity index (χ1n) is 8.19. The molecule has 3 rings (SSSR count). The van der Waals surface area contributed by atoms with Gasteiger partial charge >= 0.3 is 5.97 Å². The summed E-state index contributed by atoms with van der Waals surface area (Å²) in [5.74, 6) is 0.402. The lowest BCUT2D eigenvalue weighted by Crippen LogP contribution is -2.05. The zero-order valence-corrected chi connectivity index (χ0v) is 14.5. The Morgan fingerprint density at radius 3 is 2.70 bits per heavy atom. The van der Waals surface area contributed by atoms with Crippen molar-refractivity contribution in [2.75, 3.05) is 17.2 Å². The Labute approximate surface area is 155 Å². The van der Waals surface area contributed by atoms with Gasteiger partial charge in [0.2, 0.25) is 5.95 Å². The largest absolute Gasteiger partial charge is 0.462 e. The lowest BCUT2D eigenvalue weighted by Gasteiger charge is -2.08. The van der Waals surface area contributed by atoms with Gasteiger partial charge in [0, 0.05) is 11.4 Å². The van der Waals surface area contributed by atoms with Gasteiger partial charge in [-0.2, -0.15) is 15.3 Å². The third kappa shape index (κ3) is 4.76. The van der Waals surface area contributed by atoms with Gasteiger partial charge in [0.15, 0.2) is 5.82 Å². The zero-order chi connectivity index (χ0) is 19.1. The molecule has 0 aliphatic rings. The van der Waals surface area contributed by atoms with Crippen LogP contribution in [0.4, 0.5) is 23.1 Å². The third-order valence-corrected chi connectivity index (χ3v) is 3.48. The molecular formula is C19H16N6O2. The molecule has 8 nitrogen and oxygen atoms in total. The van der Waals surface area contributed by atoms with Gasteiger partial charge in [-0.3, -0.25) is 0 Å². The SMILES string of the molecule is CCOC(=O)c1ccc(Nc2nncc(Nc3cccc(C#N)c3)n2)cc1. The number of nitrogens with one attached hydrogen (secondary N) is 2. The van der Waals surface area contributed by atoms with Crippen LogP contribution in [0.15, 0.2) is 54.7 Å². The van der Waals surface area contributed by atoms with E-state index < -0.39 is 0 Å². The highest BCUT2D eigenvalue weighted by molar-refractivity contribution is 5.89. The molecule has 8 heteroatoms. The molecule has 0 saturated carbocycles. The van der Waals surface area contributed by atoms with Crippen LogP contribution in [0.25, 0.3) is 0 Å². The normalized spacial score (nSPS) is 9.93. The predicted molar refractivity (Wildman–Crippen MR) is 99.9 cm³/mol. The molecule has 0 saturated heterocycles. The molecule has 27 heavy (non-hydrogen) atoms. The quantitative estimate of drug-likeness (QED) is 0.643. The van der Waals surface area contributed by atoms with Crippen molar-refractivity contribution in [2.24, 2.45) is 0 Å². The molecule has 2 N–H and O–H groups in total. The topological polar surface area (TPSA) is 113 Å². The lowest BCUT2D eigenvalue weighted by atomic mass is 10.2. The van der Waals surface area contributed by atoms with Crippen molar-refractivity contribution in [3.05, 3.63) is 65.9 Å². The lowest BCUT2D eigenvalue weighted by molar-refractivity contribution is 0.0526. The molecule has 0 bridgehead atoms. The molecule has 0 atom stereocenters. The van der Waals surface area contributed by atoms with E-state index in [-0.39, 0.29) is 5.97 Å². The maximum atomic E-state index is 11.7. The van der Waals surface area contributed by atoms with Gasteiger partial charge in [0.05, 0.1) is 30.0 Å². The molecular weight excluding hydrogens is 344 g/mol. The molecule has 0 amide bonds. The second-order valence-corrected chi connectivity index (χ2v) is 5.41. The standard InChI is InChI=1S/C19H16N6O2/c1-2-27-18(26)14-6-8-15(9-7-14)23-19-24-17(12-21-25-19)22-16-5-3-4-13(10-16)11-20/h3-10,12H,2H2,1H3,(H2,22,23,24,25). The van der Waals surface area contributed by atoms with Crippen LogP contribution in [0.2, 0.25) is 0 Å². The minimum absolute atomic E-state index is 0.292. The Bertz CT molecular complexity index is 982. The number of esters is 1. The highest BCUT2D eigenvalue weighted by Gasteiger charge is 2.07. The monoisotopic (exact) mass is 360 g/mol. The van der Waals surface area contributed by atoms with Gasteiger partial charge in [-0.05, 0) is 49.4 Å². The fourth-order valence-electron chi connectivity index (χ4n) is 2.26. The van der Waals surface area contributed by atoms with Crippen LogP contribution in [0.1, 0.15) is 22.8 Å². The number of nitrogens with zero attached hydrogens (tertiary/aromatic N) is 4. The van der Waals surface area contributed by atoms with Gasteiger partial charge in [0.25, 0.3) is 0 Å². The van der Waals surface area contributed by atoms with E-state index in [0.717, 1.165) is 5.69 Å². The molecule has 2 aromatic carbocycles. The minimum Gasteiger partial charge on any atom is -0.462 e. The second kappa shape index (κ2) is 8.40. The number of carbonyl (C=O) groups is 1. The molecule has 0 radical (unpaired) electrons. The summed E-state index contributed by atoms with van der Waals surface area (Å²) in [6.07, 6.45) is 1.48. The first-order chi connectivity index (χ1) is 13.2. The van der Waals surface area contributed by atoms with E-state index in [1.165, 1.54) is 6.20 Å². The molecule has 1 heterocycles. The summed E-state index contributed by atoms with van der Waals surface area (Å²) in [7, 11) is 0. The fraction of sp³-hybridized carbons (Fsp3) is 0.105. The number of hydrogen-bond donors (Lipinski definition) is 2. The number of aromatic nitrogens is 3. The molecule has 1 aromatic heterocycles. The number of carbonyl (C=O) groups excluding carboxylic acids is 1. The van der Waals surface area contributed by atoms with E-state index in [9.17, 15) is 4.79 Å². The number of nitriles is 1. The number of rotatable bonds is 6. The van der Waals surface area contributed by atoms with Gasteiger partial charge in [-0.25, -0.2) is 4.79 Å². The van der Waals surface area contributed by atoms with Gasteiger partial charge < -0.3 is 15.4 Å². The van der Waals surface area contributed by atoms with Crippen LogP contribution in [-0.2, 0) is 4.74 Å². The fourth-order valence-corrected chi connectivity index (χ4v) is 2.26. The molecule has 0 spiro atoms. The molecule has 0 fully saturated rings. The predicted octanol–water partition coefficient (Wildman–Crippen LogP) is 3.41. The Kier molecular flexibility index (Phi) is 5.54. The van der Waals surface area contributed by atoms with Crippen molar-refractivity contribution in [3.63, 3.8) is 0 Å². The molecule has 134 valence electrons. The summed E-state index contributed by atoms with van der Waals surface area (Å²) in [6, 6.07) is 15.9. The Hall–Kier alpha value is -3.99. The minimum atomic E-state index is -0.368. The van der Waals surface area contributed by atoms with Gasteiger partial charge in [-0.15, -0.1) is 5.10 Å². The van der Waals surface area contributed by atoms with Gasteiger partial charge in [0.1, 0.15) is 0 Å². The summed E-state index contributed by atoms with van der Waals surface area (Å²) < 4.78 is 4.95. The number of hydrogen-bond acceptors (Lipinski definition) is 8. The van der Waals surface area contributed by atoms with Crippen LogP contribution in [-0.4, -0.2) is 27.8 Å². The summed E-state index contributed by atoms with van der Waals surface area (Å²) in [4.78, 5) is 16.0. The molecule has 0 aliphatic heterocycles. The highest BCUT2D eigenvalue weighted by Crippen LogP contribution is 2.18. The maximum Gasteiger partial charge on any atom is 0.338 e. The van der Waals surface area contributed by atoms with Crippen LogP contribution in [0.5, 0.6) is 0 Å². The summed E-state index contributed by atoms with van der Waals surface area (Å²) in [5, 5.41) is 22.9. The summed E-state index contributed by atoms with van der Waals surface area (Å²) in [6.45, 7) is 2.09. The van der Waals surface area contributed by atoms with Crippen molar-refractivity contribution in [3.8, 4) is 6.07 Å². The molecule has 0 aliphatic carbocycles. The summed E-state index contributed by atoms with van der Waals surface area (Å²) >= 11 is 0. The Morgan fingerprint density at radius 2 is 1.96 bits per heavy atom. The number of benzene rings is 2. The average Bonchev–Trinajstić information content (AvgIpc) is 2.69. The highest BCUT2D eigenvalue weighted by atomic mass is 16.5. The van der Waals surface area contributed by atoms with Gasteiger partial charge in [-0.1, -0.05) is 6.07 Å². The smallest absolute Gasteiger partial charge is 0.338 e. The van der Waals surface area contributed by atoms with E-state index in [4.69, 9.17) is 10.00 Å². The van der Waals surface area contributed by atoms with Crippen molar-refractivity contribution < 1.29 is 9.53 Å². The van der Waals surface area contributed by atoms with Crippen LogP contribution in [0, 0.1) is 11.3 Å². The number of ether oxygens (including phenoxy) is 1. The zero-order valence-electron chi connectivity index (χ0n) is 14.5. The first kappa shape index (κ1) is 17.8. The number of anilines is 4. The van der Waals surface area contributed by atoms with Crippen molar-refractivity contribution in [1.29, 1.82) is 5.26 Å². The van der Waals surface area contributed by atoms with E-state index in [0.29, 0.717) is 35.2 Å². The van der Waals surface area contributed by atoms with Crippen LogP contribution < -0.4 is 10.6 Å². The maximum absolute atomic E-state index is 11.7. The van der Waals surface area contributed by atoms with E-state index in [1.807, 2.05) is 6.07 Å². The van der Waals surface area contributed by atoms with Crippen molar-refractivity contribution in [2.45, 2.75) is 6.92 Å². The van der Waals surface area contributed by atoms with E-state index >= 15 is 0 Å². The van der Waals surface area contributed by atoms with Crippen LogP contribution in [0.3, 0.4) is 0 Å². The van der Waals surface area contributed by atoms with Crippen molar-refractivity contribution in [1.82, 2.24) is 15.2 Å². The summed E-state index contributed by atoms with van der Waals surface area (Å²) in [5.41, 5.74) is 2.43. The molecule has 0 unspecified atom stereocenters. The van der Waals surface area contributed by atoms with Crippen LogP contribution >= 0.6 is 0 Å². The molecule has 3 aromatic rings. The van der Waals surface area contributed by atoms with E-state index in [2.05, 4.69) is 31.9 Å². The Morgan fingerprint density at radius 1 is 1.15 bits per heavy atom. The Balaban J connectivity index is 1.70.